The number of nitrogens with one attached hydrogen (secondary N) is 1. The largest absolute Gasteiger partial charge is 0.345 e. The number of halogens is 1. The smallest absolute Gasteiger partial charge is 0.292 e. The predicted molar refractivity (Wildman–Crippen MR) is 66.8 cm³/mol. The second-order valence-corrected chi connectivity index (χ2v) is 3.88. The first kappa shape index (κ1) is 12.9. The molecule has 2 aromatic rings. The Balaban J connectivity index is 1.96. The molecule has 5 heteroatoms. The molecular formula is C14H11FN2O2. The molecule has 0 fully saturated rings. The lowest BCUT2D eigenvalue weighted by atomic mass is 10.1. The lowest BCUT2D eigenvalue weighted by molar-refractivity contribution is -0.117. The third-order valence-corrected chi connectivity index (χ3v) is 2.49. The van der Waals surface area contributed by atoms with E-state index in [4.69, 9.17) is 0 Å². The van der Waals surface area contributed by atoms with E-state index < -0.39 is 17.5 Å². The molecule has 1 amide bonds. The molecule has 1 aromatic heterocycles. The summed E-state index contributed by atoms with van der Waals surface area (Å²) in [7, 11) is 0. The Morgan fingerprint density at radius 3 is 2.53 bits per heavy atom. The molecule has 0 atom stereocenters. The first-order chi connectivity index (χ1) is 9.16. The Bertz CT molecular complexity index is 582. The van der Waals surface area contributed by atoms with Crippen molar-refractivity contribution in [3.05, 3.63) is 65.7 Å². The van der Waals surface area contributed by atoms with Gasteiger partial charge < -0.3 is 5.32 Å². The van der Waals surface area contributed by atoms with Crippen molar-refractivity contribution in [3.8, 4) is 0 Å². The van der Waals surface area contributed by atoms with Crippen LogP contribution in [0.25, 0.3) is 0 Å². The minimum Gasteiger partial charge on any atom is -0.345 e. The molecule has 0 aliphatic heterocycles. The minimum atomic E-state index is -0.726. The number of carbonyl (C=O) groups excluding carboxylic acids is 2. The number of rotatable bonds is 4. The van der Waals surface area contributed by atoms with Crippen LogP contribution in [0.15, 0.2) is 48.8 Å². The van der Waals surface area contributed by atoms with E-state index in [1.807, 2.05) is 0 Å². The van der Waals surface area contributed by atoms with E-state index >= 15 is 0 Å². The van der Waals surface area contributed by atoms with Crippen molar-refractivity contribution in [2.45, 2.75) is 6.54 Å². The topological polar surface area (TPSA) is 59.1 Å². The summed E-state index contributed by atoms with van der Waals surface area (Å²) in [6.45, 7) is 0.222. The van der Waals surface area contributed by atoms with Crippen LogP contribution in [-0.4, -0.2) is 16.7 Å². The average molecular weight is 258 g/mol. The number of nitrogens with zero attached hydrogens (tertiary/aromatic N) is 1. The molecule has 19 heavy (non-hydrogen) atoms. The monoisotopic (exact) mass is 258 g/mol. The maximum Gasteiger partial charge on any atom is 0.292 e. The van der Waals surface area contributed by atoms with Crippen LogP contribution in [0, 0.1) is 5.82 Å². The second-order valence-electron chi connectivity index (χ2n) is 3.88. The molecule has 0 unspecified atom stereocenters. The van der Waals surface area contributed by atoms with E-state index in [2.05, 4.69) is 10.3 Å². The fourth-order valence-corrected chi connectivity index (χ4v) is 1.50. The van der Waals surface area contributed by atoms with Gasteiger partial charge in [-0.2, -0.15) is 0 Å². The van der Waals surface area contributed by atoms with Crippen LogP contribution in [0.2, 0.25) is 0 Å². The maximum absolute atomic E-state index is 12.7. The molecule has 96 valence electrons. The summed E-state index contributed by atoms with van der Waals surface area (Å²) in [6.07, 6.45) is 3.22. The molecule has 1 heterocycles. The number of Topliss-reactive ketones (excluding diaryl/α,β-unsaturated/α-hetero) is 1. The molecule has 0 saturated heterocycles. The van der Waals surface area contributed by atoms with Crippen molar-refractivity contribution in [1.29, 1.82) is 0 Å². The predicted octanol–water partition coefficient (Wildman–Crippen LogP) is 1.72. The molecule has 0 saturated carbocycles. The Kier molecular flexibility index (Phi) is 3.97. The van der Waals surface area contributed by atoms with Gasteiger partial charge in [-0.05, 0) is 35.9 Å². The van der Waals surface area contributed by atoms with Gasteiger partial charge in [-0.25, -0.2) is 4.39 Å². The minimum absolute atomic E-state index is 0.157. The molecule has 1 aromatic carbocycles. The van der Waals surface area contributed by atoms with Gasteiger partial charge >= 0.3 is 0 Å². The van der Waals surface area contributed by atoms with Crippen molar-refractivity contribution in [3.63, 3.8) is 0 Å². The number of amides is 1. The summed E-state index contributed by atoms with van der Waals surface area (Å²) in [5.74, 6) is -1.87. The lowest BCUT2D eigenvalue weighted by Gasteiger charge is -2.04. The molecule has 0 aliphatic carbocycles. The number of pyridine rings is 1. The molecule has 0 spiro atoms. The van der Waals surface area contributed by atoms with Gasteiger partial charge in [-0.3, -0.25) is 14.6 Å². The summed E-state index contributed by atoms with van der Waals surface area (Å²) >= 11 is 0. The highest BCUT2D eigenvalue weighted by molar-refractivity contribution is 6.42. The van der Waals surface area contributed by atoms with Crippen LogP contribution in [0.4, 0.5) is 4.39 Å². The van der Waals surface area contributed by atoms with Gasteiger partial charge in [0.2, 0.25) is 5.78 Å². The van der Waals surface area contributed by atoms with Gasteiger partial charge in [0.25, 0.3) is 5.91 Å². The van der Waals surface area contributed by atoms with E-state index in [0.29, 0.717) is 0 Å². The van der Waals surface area contributed by atoms with Gasteiger partial charge in [0.1, 0.15) is 5.82 Å². The van der Waals surface area contributed by atoms with Gasteiger partial charge in [-0.1, -0.05) is 6.07 Å². The number of hydrogen-bond acceptors (Lipinski definition) is 3. The number of carbonyl (C=O) groups is 2. The Morgan fingerprint density at radius 1 is 1.16 bits per heavy atom. The number of aromatic nitrogens is 1. The first-order valence-corrected chi connectivity index (χ1v) is 5.64. The van der Waals surface area contributed by atoms with Gasteiger partial charge in [0.05, 0.1) is 0 Å². The van der Waals surface area contributed by atoms with Crippen molar-refractivity contribution >= 4 is 11.7 Å². The van der Waals surface area contributed by atoms with Gasteiger partial charge in [0.15, 0.2) is 0 Å². The van der Waals surface area contributed by atoms with Crippen LogP contribution in [0.5, 0.6) is 0 Å². The molecular weight excluding hydrogens is 247 g/mol. The third kappa shape index (κ3) is 3.45. The molecule has 4 nitrogen and oxygen atoms in total. The number of ketones is 1. The van der Waals surface area contributed by atoms with Gasteiger partial charge in [0, 0.05) is 24.5 Å². The van der Waals surface area contributed by atoms with Crippen LogP contribution >= 0.6 is 0 Å². The van der Waals surface area contributed by atoms with Crippen LogP contribution in [0.1, 0.15) is 15.9 Å². The highest BCUT2D eigenvalue weighted by Crippen LogP contribution is 2.04. The Morgan fingerprint density at radius 2 is 1.89 bits per heavy atom. The van der Waals surface area contributed by atoms with Crippen molar-refractivity contribution < 1.29 is 14.0 Å². The van der Waals surface area contributed by atoms with E-state index in [0.717, 1.165) is 17.7 Å². The first-order valence-electron chi connectivity index (χ1n) is 5.64. The van der Waals surface area contributed by atoms with E-state index in [1.165, 1.54) is 12.1 Å². The van der Waals surface area contributed by atoms with E-state index in [1.54, 1.807) is 24.5 Å². The summed E-state index contributed by atoms with van der Waals surface area (Å²) < 4.78 is 12.7. The summed E-state index contributed by atoms with van der Waals surface area (Å²) in [5, 5.41) is 2.49. The normalized spacial score (nSPS) is 9.95. The van der Waals surface area contributed by atoms with Crippen molar-refractivity contribution in [1.82, 2.24) is 10.3 Å². The highest BCUT2D eigenvalue weighted by atomic mass is 19.1. The lowest BCUT2D eigenvalue weighted by Crippen LogP contribution is -2.30. The molecule has 0 radical (unpaired) electrons. The zero-order valence-corrected chi connectivity index (χ0v) is 9.97. The Hall–Kier alpha value is -2.56. The van der Waals surface area contributed by atoms with Crippen LogP contribution in [0.3, 0.4) is 0 Å². The van der Waals surface area contributed by atoms with E-state index in [9.17, 15) is 14.0 Å². The number of benzene rings is 1. The van der Waals surface area contributed by atoms with Crippen molar-refractivity contribution in [2.24, 2.45) is 0 Å². The molecule has 1 N–H and O–H groups in total. The number of hydrogen-bond donors (Lipinski definition) is 1. The quantitative estimate of drug-likeness (QED) is 0.671. The standard InChI is InChI=1S/C14H11FN2O2/c15-12-5-3-11(4-6-12)13(18)14(19)17-9-10-2-1-7-16-8-10/h1-8H,9H2,(H,17,19). The molecule has 2 rings (SSSR count). The van der Waals surface area contributed by atoms with Crippen molar-refractivity contribution in [2.75, 3.05) is 0 Å². The summed E-state index contributed by atoms with van der Waals surface area (Å²) in [4.78, 5) is 27.3. The fourth-order valence-electron chi connectivity index (χ4n) is 1.50. The zero-order valence-electron chi connectivity index (χ0n) is 9.97. The molecule has 0 bridgehead atoms. The van der Waals surface area contributed by atoms with Crippen LogP contribution < -0.4 is 5.32 Å². The third-order valence-electron chi connectivity index (χ3n) is 2.49. The average Bonchev–Trinajstić information content (AvgIpc) is 2.46. The molecule has 0 aliphatic rings. The summed E-state index contributed by atoms with van der Waals surface area (Å²) in [6, 6.07) is 8.37. The SMILES string of the molecule is O=C(NCc1cccnc1)C(=O)c1ccc(F)cc1. The van der Waals surface area contributed by atoms with E-state index in [-0.39, 0.29) is 12.1 Å². The zero-order chi connectivity index (χ0) is 13.7. The van der Waals surface area contributed by atoms with Crippen LogP contribution in [-0.2, 0) is 11.3 Å². The summed E-state index contributed by atoms with van der Waals surface area (Å²) in [5.41, 5.74) is 0.952. The van der Waals surface area contributed by atoms with Gasteiger partial charge in [-0.15, -0.1) is 0 Å². The Labute approximate surface area is 109 Å². The fraction of sp³-hybridized carbons (Fsp3) is 0.0714. The highest BCUT2D eigenvalue weighted by Gasteiger charge is 2.15. The maximum atomic E-state index is 12.7. The second kappa shape index (κ2) is 5.86.